The number of anilines is 1. The lowest BCUT2D eigenvalue weighted by Crippen LogP contribution is -2.08. The number of amides is 1. The van der Waals surface area contributed by atoms with Crippen molar-refractivity contribution in [2.45, 2.75) is 26.7 Å². The number of nitrogens with one attached hydrogen (secondary N) is 1. The van der Waals surface area contributed by atoms with E-state index in [4.69, 9.17) is 0 Å². The van der Waals surface area contributed by atoms with Gasteiger partial charge in [0.1, 0.15) is 5.56 Å². The molecule has 0 atom stereocenters. The maximum Gasteiger partial charge on any atom is 0.339 e. The Morgan fingerprint density at radius 3 is 2.76 bits per heavy atom. The minimum absolute atomic E-state index is 0.160. The quantitative estimate of drug-likeness (QED) is 0.884. The Hall–Kier alpha value is -2.63. The molecule has 1 aromatic carbocycles. The Labute approximate surface area is 122 Å². The summed E-state index contributed by atoms with van der Waals surface area (Å²) in [5.74, 6) is -1.14. The second kappa shape index (κ2) is 6.21. The summed E-state index contributed by atoms with van der Waals surface area (Å²) in [7, 11) is 0. The van der Waals surface area contributed by atoms with E-state index in [0.29, 0.717) is 17.8 Å². The Kier molecular flexibility index (Phi) is 4.37. The van der Waals surface area contributed by atoms with Gasteiger partial charge >= 0.3 is 5.97 Å². The Bertz CT molecular complexity index is 677. The number of aromatic carboxylic acids is 1. The lowest BCUT2D eigenvalue weighted by atomic mass is 10.1. The van der Waals surface area contributed by atoms with Crippen molar-refractivity contribution < 1.29 is 14.7 Å². The van der Waals surface area contributed by atoms with Crippen molar-refractivity contribution in [3.05, 3.63) is 41.7 Å². The number of carboxylic acid groups (broad SMARTS) is 1. The van der Waals surface area contributed by atoms with Crippen molar-refractivity contribution in [3.8, 4) is 5.69 Å². The zero-order valence-corrected chi connectivity index (χ0v) is 12.0. The molecule has 0 spiro atoms. The summed E-state index contributed by atoms with van der Waals surface area (Å²) in [5.41, 5.74) is 2.23. The molecule has 0 radical (unpaired) electrons. The lowest BCUT2D eigenvalue weighted by Gasteiger charge is -2.10. The van der Waals surface area contributed by atoms with Gasteiger partial charge in [-0.2, -0.15) is 5.10 Å². The highest BCUT2D eigenvalue weighted by molar-refractivity contribution is 5.89. The first-order valence-corrected chi connectivity index (χ1v) is 6.71. The van der Waals surface area contributed by atoms with Crippen LogP contribution >= 0.6 is 0 Å². The molecule has 0 aliphatic heterocycles. The smallest absolute Gasteiger partial charge is 0.339 e. The number of rotatable bonds is 5. The molecule has 0 fully saturated rings. The van der Waals surface area contributed by atoms with Gasteiger partial charge in [-0.1, -0.05) is 19.4 Å². The van der Waals surface area contributed by atoms with Gasteiger partial charge in [0.25, 0.3) is 0 Å². The summed E-state index contributed by atoms with van der Waals surface area (Å²) >= 11 is 0. The molecule has 0 saturated heterocycles. The Morgan fingerprint density at radius 1 is 1.38 bits per heavy atom. The molecule has 2 aromatic rings. The average molecular weight is 287 g/mol. The Morgan fingerprint density at radius 2 is 2.14 bits per heavy atom. The van der Waals surface area contributed by atoms with Gasteiger partial charge in [-0.25, -0.2) is 9.48 Å². The predicted octanol–water partition coefficient (Wildman–Crippen LogP) is 2.48. The molecule has 1 amide bonds. The summed E-state index contributed by atoms with van der Waals surface area (Å²) in [6, 6.07) is 7.15. The number of carboxylic acids is 1. The van der Waals surface area contributed by atoms with Crippen LogP contribution in [0.1, 0.15) is 36.3 Å². The lowest BCUT2D eigenvalue weighted by molar-refractivity contribution is -0.114. The molecule has 1 aromatic heterocycles. The van der Waals surface area contributed by atoms with Gasteiger partial charge in [-0.3, -0.25) is 4.79 Å². The van der Waals surface area contributed by atoms with E-state index in [2.05, 4.69) is 10.4 Å². The number of carbonyl (C=O) groups is 2. The fourth-order valence-electron chi connectivity index (χ4n) is 2.17. The maximum atomic E-state index is 11.2. The minimum atomic E-state index is -0.984. The first-order valence-electron chi connectivity index (χ1n) is 6.71. The second-order valence-corrected chi connectivity index (χ2v) is 4.70. The molecule has 2 N–H and O–H groups in total. The molecule has 6 nitrogen and oxygen atoms in total. The van der Waals surface area contributed by atoms with E-state index in [0.717, 1.165) is 12.1 Å². The summed E-state index contributed by atoms with van der Waals surface area (Å²) in [6.45, 7) is 3.42. The highest BCUT2D eigenvalue weighted by Gasteiger charge is 2.17. The van der Waals surface area contributed by atoms with Gasteiger partial charge in [0.2, 0.25) is 5.91 Å². The van der Waals surface area contributed by atoms with Gasteiger partial charge < -0.3 is 10.4 Å². The first-order chi connectivity index (χ1) is 10.0. The Balaban J connectivity index is 2.46. The number of hydrogen-bond acceptors (Lipinski definition) is 3. The fraction of sp³-hybridized carbons (Fsp3) is 0.267. The standard InChI is InChI=1S/C15H17N3O3/c1-3-5-14-13(15(20)21)9-16-18(14)12-7-4-6-11(8-12)17-10(2)19/h4,6-9H,3,5H2,1-2H3,(H,17,19)(H,20,21). The van der Waals surface area contributed by atoms with Crippen LogP contribution in [0.3, 0.4) is 0 Å². The molecule has 0 aliphatic rings. The maximum absolute atomic E-state index is 11.2. The summed E-state index contributed by atoms with van der Waals surface area (Å²) in [4.78, 5) is 22.4. The predicted molar refractivity (Wildman–Crippen MR) is 78.8 cm³/mol. The normalized spacial score (nSPS) is 10.4. The molecule has 1 heterocycles. The van der Waals surface area contributed by atoms with Crippen LogP contribution in [-0.4, -0.2) is 26.8 Å². The van der Waals surface area contributed by atoms with E-state index >= 15 is 0 Å². The minimum Gasteiger partial charge on any atom is -0.478 e. The average Bonchev–Trinajstić information content (AvgIpc) is 2.82. The van der Waals surface area contributed by atoms with E-state index in [1.807, 2.05) is 13.0 Å². The van der Waals surface area contributed by atoms with Crippen LogP contribution in [0.15, 0.2) is 30.5 Å². The van der Waals surface area contributed by atoms with Crippen molar-refractivity contribution in [2.24, 2.45) is 0 Å². The second-order valence-electron chi connectivity index (χ2n) is 4.70. The molecule has 110 valence electrons. The van der Waals surface area contributed by atoms with Gasteiger partial charge in [-0.15, -0.1) is 0 Å². The molecule has 0 bridgehead atoms. The van der Waals surface area contributed by atoms with E-state index in [-0.39, 0.29) is 11.5 Å². The van der Waals surface area contributed by atoms with Gasteiger partial charge in [0, 0.05) is 12.6 Å². The molecular formula is C15H17N3O3. The SMILES string of the molecule is CCCc1c(C(=O)O)cnn1-c1cccc(NC(C)=O)c1. The van der Waals surface area contributed by atoms with E-state index in [9.17, 15) is 14.7 Å². The van der Waals surface area contributed by atoms with Crippen LogP contribution in [0.4, 0.5) is 5.69 Å². The summed E-state index contributed by atoms with van der Waals surface area (Å²) < 4.78 is 1.61. The first kappa shape index (κ1) is 14.8. The summed E-state index contributed by atoms with van der Waals surface area (Å²) in [6.07, 6.45) is 2.79. The highest BCUT2D eigenvalue weighted by Crippen LogP contribution is 2.19. The highest BCUT2D eigenvalue weighted by atomic mass is 16.4. The van der Waals surface area contributed by atoms with E-state index in [1.54, 1.807) is 22.9 Å². The number of carbonyl (C=O) groups excluding carboxylic acids is 1. The molecule has 21 heavy (non-hydrogen) atoms. The van der Waals surface area contributed by atoms with Crippen LogP contribution in [0.5, 0.6) is 0 Å². The van der Waals surface area contributed by atoms with Gasteiger partial charge in [-0.05, 0) is 24.6 Å². The van der Waals surface area contributed by atoms with Crippen molar-refractivity contribution in [1.82, 2.24) is 9.78 Å². The van der Waals surface area contributed by atoms with Crippen molar-refractivity contribution in [2.75, 3.05) is 5.32 Å². The molecule has 6 heteroatoms. The molecule has 2 rings (SSSR count). The van der Waals surface area contributed by atoms with E-state index in [1.165, 1.54) is 13.1 Å². The topological polar surface area (TPSA) is 84.2 Å². The largest absolute Gasteiger partial charge is 0.478 e. The van der Waals surface area contributed by atoms with Crippen molar-refractivity contribution in [1.29, 1.82) is 0 Å². The fourth-order valence-corrected chi connectivity index (χ4v) is 2.17. The summed E-state index contributed by atoms with van der Waals surface area (Å²) in [5, 5.41) is 16.1. The number of benzene rings is 1. The van der Waals surface area contributed by atoms with Crippen LogP contribution < -0.4 is 5.32 Å². The third-order valence-electron chi connectivity index (χ3n) is 3.00. The molecule has 0 aliphatic carbocycles. The molecular weight excluding hydrogens is 270 g/mol. The zero-order valence-electron chi connectivity index (χ0n) is 12.0. The van der Waals surface area contributed by atoms with Crippen LogP contribution in [0.25, 0.3) is 5.69 Å². The third-order valence-corrected chi connectivity index (χ3v) is 3.00. The molecule has 0 saturated carbocycles. The number of nitrogens with zero attached hydrogens (tertiary/aromatic N) is 2. The van der Waals surface area contributed by atoms with Crippen molar-refractivity contribution in [3.63, 3.8) is 0 Å². The van der Waals surface area contributed by atoms with Crippen LogP contribution in [0, 0.1) is 0 Å². The number of aromatic nitrogens is 2. The van der Waals surface area contributed by atoms with Crippen LogP contribution in [-0.2, 0) is 11.2 Å². The van der Waals surface area contributed by atoms with Gasteiger partial charge in [0.05, 0.1) is 17.6 Å². The monoisotopic (exact) mass is 287 g/mol. The zero-order chi connectivity index (χ0) is 15.4. The van der Waals surface area contributed by atoms with Crippen molar-refractivity contribution >= 4 is 17.6 Å². The van der Waals surface area contributed by atoms with Crippen LogP contribution in [0.2, 0.25) is 0 Å². The molecule has 0 unspecified atom stereocenters. The van der Waals surface area contributed by atoms with Gasteiger partial charge in [0.15, 0.2) is 0 Å². The third kappa shape index (κ3) is 3.28. The van der Waals surface area contributed by atoms with E-state index < -0.39 is 5.97 Å². The number of hydrogen-bond donors (Lipinski definition) is 2.